The highest BCUT2D eigenvalue weighted by atomic mass is 19.4. The number of aromatic amines is 1. The second-order valence-corrected chi connectivity index (χ2v) is 11.3. The monoisotopic (exact) mass is 602 g/mol. The molecule has 1 aromatic heterocycles. The third-order valence-corrected chi connectivity index (χ3v) is 8.33. The van der Waals surface area contributed by atoms with E-state index in [1.165, 1.54) is 6.07 Å². The maximum Gasteiger partial charge on any atom is 0.423 e. The zero-order chi connectivity index (χ0) is 30.9. The van der Waals surface area contributed by atoms with E-state index in [0.29, 0.717) is 36.4 Å². The van der Waals surface area contributed by atoms with E-state index in [2.05, 4.69) is 44.3 Å². The number of anilines is 2. The molecule has 2 atom stereocenters. The van der Waals surface area contributed by atoms with Gasteiger partial charge in [-0.1, -0.05) is 12.1 Å². The lowest BCUT2D eigenvalue weighted by molar-refractivity contribution is -0.565. The van der Waals surface area contributed by atoms with E-state index in [-0.39, 0.29) is 28.5 Å². The van der Waals surface area contributed by atoms with Crippen molar-refractivity contribution in [1.29, 1.82) is 0 Å². The van der Waals surface area contributed by atoms with Crippen LogP contribution in [0.2, 0.25) is 0 Å². The molecule has 0 aliphatic carbocycles. The molecule has 2 saturated heterocycles. The highest BCUT2D eigenvalue weighted by Crippen LogP contribution is 2.36. The summed E-state index contributed by atoms with van der Waals surface area (Å²) in [6, 6.07) is 10.4. The Balaban J connectivity index is 1.54. The van der Waals surface area contributed by atoms with Crippen LogP contribution in [-0.4, -0.2) is 79.2 Å². The molecule has 2 aliphatic heterocycles. The summed E-state index contributed by atoms with van der Waals surface area (Å²) in [6.45, 7) is 9.54. The lowest BCUT2D eigenvalue weighted by Crippen LogP contribution is -2.55. The van der Waals surface area contributed by atoms with E-state index in [1.54, 1.807) is 30.3 Å². The molecule has 0 spiro atoms. The molecule has 1 amide bonds. The summed E-state index contributed by atoms with van der Waals surface area (Å²) in [7, 11) is 2.03. The molecular weight excluding hydrogens is 566 g/mol. The van der Waals surface area contributed by atoms with Crippen LogP contribution in [0, 0.1) is 10.7 Å². The second-order valence-electron chi connectivity index (χ2n) is 11.3. The molecule has 2 aliphatic rings. The van der Waals surface area contributed by atoms with E-state index in [9.17, 15) is 22.9 Å². The van der Waals surface area contributed by atoms with Crippen molar-refractivity contribution in [3.63, 3.8) is 0 Å². The van der Waals surface area contributed by atoms with Crippen LogP contribution < -0.4 is 20.1 Å². The van der Waals surface area contributed by atoms with Crippen molar-refractivity contribution < 1.29 is 26.9 Å². The molecule has 5 rings (SSSR count). The number of nitrogens with one attached hydrogen (secondary N) is 3. The van der Waals surface area contributed by atoms with Crippen LogP contribution in [-0.2, 0) is 12.7 Å². The fraction of sp³-hybridized carbons (Fsp3) is 0.433. The van der Waals surface area contributed by atoms with Gasteiger partial charge in [-0.25, -0.2) is 4.39 Å². The topological polar surface area (TPSA) is 89.6 Å². The average molecular weight is 603 g/mol. The molecule has 230 valence electrons. The maximum absolute atomic E-state index is 15.2. The van der Waals surface area contributed by atoms with Crippen LogP contribution in [0.15, 0.2) is 48.8 Å². The van der Waals surface area contributed by atoms with Gasteiger partial charge in [-0.2, -0.15) is 13.2 Å². The first-order valence-corrected chi connectivity index (χ1v) is 14.3. The number of aromatic nitrogens is 2. The Bertz CT molecular complexity index is 1530. The van der Waals surface area contributed by atoms with Gasteiger partial charge in [-0.3, -0.25) is 14.6 Å². The second kappa shape index (κ2) is 12.4. The predicted octanol–water partition coefficient (Wildman–Crippen LogP) is 3.94. The number of hydrogen-bond acceptors (Lipinski definition) is 6. The molecule has 0 saturated carbocycles. The molecule has 3 aromatic rings. The van der Waals surface area contributed by atoms with Gasteiger partial charge in [0.15, 0.2) is 4.54 Å². The summed E-state index contributed by atoms with van der Waals surface area (Å²) in [5.41, 5.74) is 0.465. The third kappa shape index (κ3) is 6.89. The number of hydrogen-bond donors (Lipinski definition) is 3. The number of likely N-dealkylation sites (N-methyl/N-ethyl adjacent to an activating group) is 1. The third-order valence-electron chi connectivity index (χ3n) is 8.33. The first-order valence-electron chi connectivity index (χ1n) is 14.3. The fourth-order valence-electron chi connectivity index (χ4n) is 5.73. The molecule has 0 bridgehead atoms. The summed E-state index contributed by atoms with van der Waals surface area (Å²) in [5, 5.41) is 8.04. The van der Waals surface area contributed by atoms with Gasteiger partial charge in [-0.05, 0) is 56.3 Å². The standard InChI is InChI=1S/C30H35F4N7O2/c1-19-15-40(16-20(2)38(19)3)28-7-5-22(23-12-21(4-6-26(23)31)17-39-10-8-35-9-11-39)13-27(28)37-29(42)24-14-36-41(43)18-25(24)30(32,33)34/h4-7,12-14,18-20,35H,8-11,15-17H2,1-3H3,(H-,36,37,42,43)/p+1/t19-,20+. The number of carbonyl (C=O) groups excluding carboxylic acids is 1. The van der Waals surface area contributed by atoms with E-state index >= 15 is 4.39 Å². The molecule has 13 heteroatoms. The van der Waals surface area contributed by atoms with Gasteiger partial charge in [0.1, 0.15) is 11.4 Å². The van der Waals surface area contributed by atoms with Gasteiger partial charge in [-0.15, -0.1) is 5.10 Å². The summed E-state index contributed by atoms with van der Waals surface area (Å²) in [5.74, 6) is -1.50. The quantitative estimate of drug-likeness (QED) is 0.293. The van der Waals surface area contributed by atoms with Crippen LogP contribution in [0.4, 0.5) is 28.9 Å². The Morgan fingerprint density at radius 2 is 1.77 bits per heavy atom. The molecule has 9 nitrogen and oxygen atoms in total. The van der Waals surface area contributed by atoms with Crippen molar-refractivity contribution in [3.8, 4) is 11.1 Å². The lowest BCUT2D eigenvalue weighted by Gasteiger charge is -2.44. The number of benzene rings is 2. The van der Waals surface area contributed by atoms with Crippen LogP contribution >= 0.6 is 0 Å². The minimum absolute atomic E-state index is 0.116. The number of alkyl halides is 3. The van der Waals surface area contributed by atoms with E-state index < -0.39 is 29.0 Å². The van der Waals surface area contributed by atoms with E-state index in [4.69, 9.17) is 0 Å². The first-order chi connectivity index (χ1) is 20.4. The molecule has 3 N–H and O–H groups in total. The molecule has 2 fully saturated rings. The summed E-state index contributed by atoms with van der Waals surface area (Å²) in [4.78, 5) is 31.5. The maximum atomic E-state index is 15.2. The summed E-state index contributed by atoms with van der Waals surface area (Å²) < 4.78 is 56.4. The normalized spacial score (nSPS) is 20.3. The van der Waals surface area contributed by atoms with Crippen molar-refractivity contribution in [1.82, 2.24) is 20.2 Å². The number of rotatable bonds is 6. The minimum Gasteiger partial charge on any atom is -0.367 e. The van der Waals surface area contributed by atoms with Crippen molar-refractivity contribution in [2.45, 2.75) is 38.7 Å². The Labute approximate surface area is 247 Å². The highest BCUT2D eigenvalue weighted by molar-refractivity contribution is 6.07. The van der Waals surface area contributed by atoms with Crippen LogP contribution in [0.3, 0.4) is 0 Å². The molecule has 0 radical (unpaired) electrons. The largest absolute Gasteiger partial charge is 0.423 e. The zero-order valence-electron chi connectivity index (χ0n) is 24.3. The van der Waals surface area contributed by atoms with Gasteiger partial charge in [0.05, 0.1) is 28.0 Å². The number of amides is 1. The minimum atomic E-state index is -4.94. The van der Waals surface area contributed by atoms with Crippen molar-refractivity contribution >= 4 is 17.3 Å². The molecule has 3 heterocycles. The van der Waals surface area contributed by atoms with Gasteiger partial charge in [0.2, 0.25) is 0 Å². The number of halogens is 4. The Morgan fingerprint density at radius 3 is 2.44 bits per heavy atom. The van der Waals surface area contributed by atoms with Crippen LogP contribution in [0.25, 0.3) is 11.1 Å². The van der Waals surface area contributed by atoms with Crippen LogP contribution in [0.1, 0.15) is 35.3 Å². The summed E-state index contributed by atoms with van der Waals surface area (Å²) in [6.07, 6.45) is -3.92. The molecule has 43 heavy (non-hydrogen) atoms. The first kappa shape index (κ1) is 30.6. The van der Waals surface area contributed by atoms with E-state index in [0.717, 1.165) is 37.9 Å². The highest BCUT2D eigenvalue weighted by Gasteiger charge is 2.39. The Morgan fingerprint density at radius 1 is 1.07 bits per heavy atom. The lowest BCUT2D eigenvalue weighted by atomic mass is 9.99. The smallest absolute Gasteiger partial charge is 0.367 e. The average Bonchev–Trinajstić information content (AvgIpc) is 2.96. The van der Waals surface area contributed by atoms with Gasteiger partial charge >= 0.3 is 6.18 Å². The Kier molecular flexibility index (Phi) is 8.86. The van der Waals surface area contributed by atoms with Crippen molar-refractivity contribution in [2.75, 3.05) is 56.5 Å². The Hall–Kier alpha value is -3.81. The molecule has 2 aromatic carbocycles. The SMILES string of the molecule is C[C@@H]1CN(c2ccc(-c3cc(CN4CCNCC4)ccc3F)cc2NC(=O)c2c[nH][n+](=O)cc2C(F)(F)F)C[C@H](C)N1C. The van der Waals surface area contributed by atoms with Crippen LogP contribution in [0.5, 0.6) is 0 Å². The zero-order valence-corrected chi connectivity index (χ0v) is 24.3. The van der Waals surface area contributed by atoms with Crippen molar-refractivity contribution in [3.05, 3.63) is 76.2 Å². The summed E-state index contributed by atoms with van der Waals surface area (Å²) >= 11 is 0. The van der Waals surface area contributed by atoms with Gasteiger partial charge < -0.3 is 15.5 Å². The molecule has 0 unspecified atom stereocenters. The van der Waals surface area contributed by atoms with Crippen molar-refractivity contribution in [2.24, 2.45) is 0 Å². The van der Waals surface area contributed by atoms with E-state index in [1.807, 2.05) is 7.05 Å². The fourth-order valence-corrected chi connectivity index (χ4v) is 5.73. The number of H-pyrrole nitrogens is 1. The molecular formula is C30H36F4N7O2+. The predicted molar refractivity (Wildman–Crippen MR) is 156 cm³/mol. The number of nitrogens with zero attached hydrogens (tertiary/aromatic N) is 4. The number of piperazine rings is 2. The number of carbonyl (C=O) groups is 1. The van der Waals surface area contributed by atoms with Gasteiger partial charge in [0.25, 0.3) is 12.1 Å². The van der Waals surface area contributed by atoms with Gasteiger partial charge in [0, 0.05) is 63.5 Å².